The zero-order valence-electron chi connectivity index (χ0n) is 10.2. The minimum absolute atomic E-state index is 0.121. The summed E-state index contributed by atoms with van der Waals surface area (Å²) in [5, 5.41) is 12.5. The predicted octanol–water partition coefficient (Wildman–Crippen LogP) is 3.99. The molecule has 3 nitrogen and oxygen atoms in total. The molecule has 2 aromatic rings. The molecule has 2 aromatic carbocycles. The Labute approximate surface area is 132 Å². The van der Waals surface area contributed by atoms with Crippen LogP contribution in [0.2, 0.25) is 0 Å². The highest BCUT2D eigenvalue weighted by atomic mass is 79.9. The fourth-order valence-electron chi connectivity index (χ4n) is 1.62. The average Bonchev–Trinajstić information content (AvgIpc) is 2.42. The van der Waals surface area contributed by atoms with Crippen LogP contribution in [0.3, 0.4) is 0 Å². The number of carbonyl (C=O) groups is 1. The molecule has 0 heterocycles. The Balaban J connectivity index is 2.11. The molecule has 0 aromatic heterocycles. The van der Waals surface area contributed by atoms with Crippen LogP contribution in [0, 0.1) is 5.82 Å². The maximum absolute atomic E-state index is 12.8. The van der Waals surface area contributed by atoms with Crippen LogP contribution >= 0.6 is 31.9 Å². The van der Waals surface area contributed by atoms with Crippen molar-refractivity contribution in [2.45, 2.75) is 6.54 Å². The lowest BCUT2D eigenvalue weighted by Gasteiger charge is -2.09. The van der Waals surface area contributed by atoms with E-state index in [9.17, 15) is 14.3 Å². The maximum atomic E-state index is 12.8. The summed E-state index contributed by atoms with van der Waals surface area (Å²) < 4.78 is 13.9. The van der Waals surface area contributed by atoms with Crippen molar-refractivity contribution in [3.8, 4) is 5.75 Å². The Morgan fingerprint density at radius 1 is 1.20 bits per heavy atom. The van der Waals surface area contributed by atoms with Crippen LogP contribution in [0.15, 0.2) is 45.3 Å². The van der Waals surface area contributed by atoms with Crippen LogP contribution in [0.1, 0.15) is 15.9 Å². The molecule has 0 spiro atoms. The quantitative estimate of drug-likeness (QED) is 0.815. The smallest absolute Gasteiger partial charge is 0.255 e. The SMILES string of the molecule is O=C(NCc1ccc(F)cc1)c1cc(Br)cc(Br)c1O. The van der Waals surface area contributed by atoms with E-state index in [1.54, 1.807) is 18.2 Å². The number of rotatable bonds is 3. The molecule has 0 saturated carbocycles. The molecule has 2 N–H and O–H groups in total. The second-order valence-corrected chi connectivity index (χ2v) is 5.86. The Hall–Kier alpha value is -1.40. The number of phenols is 1. The second-order valence-electron chi connectivity index (χ2n) is 4.09. The van der Waals surface area contributed by atoms with Gasteiger partial charge in [-0.3, -0.25) is 4.79 Å². The predicted molar refractivity (Wildman–Crippen MR) is 81.1 cm³/mol. The fourth-order valence-corrected chi connectivity index (χ4v) is 2.84. The number of nitrogens with one attached hydrogen (secondary N) is 1. The van der Waals surface area contributed by atoms with Gasteiger partial charge in [-0.05, 0) is 45.8 Å². The van der Waals surface area contributed by atoms with Gasteiger partial charge in [0.05, 0.1) is 10.0 Å². The second kappa shape index (κ2) is 6.37. The van der Waals surface area contributed by atoms with Gasteiger partial charge in [0.2, 0.25) is 0 Å². The third-order valence-electron chi connectivity index (χ3n) is 2.64. The number of phenolic OH excluding ortho intramolecular Hbond substituents is 1. The molecule has 0 aliphatic carbocycles. The van der Waals surface area contributed by atoms with Gasteiger partial charge >= 0.3 is 0 Å². The van der Waals surface area contributed by atoms with E-state index in [4.69, 9.17) is 0 Å². The van der Waals surface area contributed by atoms with Crippen molar-refractivity contribution in [2.24, 2.45) is 0 Å². The van der Waals surface area contributed by atoms with Gasteiger partial charge in [0.25, 0.3) is 5.91 Å². The van der Waals surface area contributed by atoms with Crippen molar-refractivity contribution >= 4 is 37.8 Å². The first-order chi connectivity index (χ1) is 9.47. The van der Waals surface area contributed by atoms with E-state index in [-0.39, 0.29) is 23.7 Å². The van der Waals surface area contributed by atoms with Gasteiger partial charge in [0.15, 0.2) is 0 Å². The number of aromatic hydroxyl groups is 1. The van der Waals surface area contributed by atoms with E-state index in [0.717, 1.165) is 5.56 Å². The largest absolute Gasteiger partial charge is 0.506 e. The van der Waals surface area contributed by atoms with E-state index < -0.39 is 5.91 Å². The molecule has 0 fully saturated rings. The lowest BCUT2D eigenvalue weighted by molar-refractivity contribution is 0.0948. The van der Waals surface area contributed by atoms with Crippen LogP contribution < -0.4 is 5.32 Å². The minimum atomic E-state index is -0.408. The minimum Gasteiger partial charge on any atom is -0.506 e. The van der Waals surface area contributed by atoms with Crippen molar-refractivity contribution < 1.29 is 14.3 Å². The highest BCUT2D eigenvalue weighted by Gasteiger charge is 2.14. The summed E-state index contributed by atoms with van der Waals surface area (Å²) in [5.41, 5.74) is 0.932. The first-order valence-electron chi connectivity index (χ1n) is 5.68. The Morgan fingerprint density at radius 3 is 2.50 bits per heavy atom. The Morgan fingerprint density at radius 2 is 1.85 bits per heavy atom. The summed E-state index contributed by atoms with van der Waals surface area (Å²) in [5.74, 6) is -0.854. The molecular formula is C14H10Br2FNO2. The molecule has 6 heteroatoms. The topological polar surface area (TPSA) is 49.3 Å². The van der Waals surface area contributed by atoms with Crippen LogP contribution in [0.4, 0.5) is 4.39 Å². The van der Waals surface area contributed by atoms with Gasteiger partial charge < -0.3 is 10.4 Å². The zero-order valence-corrected chi connectivity index (χ0v) is 13.3. The maximum Gasteiger partial charge on any atom is 0.255 e. The van der Waals surface area contributed by atoms with Crippen LogP contribution in [0.25, 0.3) is 0 Å². The summed E-state index contributed by atoms with van der Waals surface area (Å²) in [6.45, 7) is 0.253. The van der Waals surface area contributed by atoms with E-state index in [0.29, 0.717) is 8.95 Å². The summed E-state index contributed by atoms with van der Waals surface area (Å²) in [6, 6.07) is 9.01. The number of amides is 1. The van der Waals surface area contributed by atoms with Crippen molar-refractivity contribution in [3.63, 3.8) is 0 Å². The van der Waals surface area contributed by atoms with Gasteiger partial charge in [0.1, 0.15) is 11.6 Å². The molecule has 104 valence electrons. The van der Waals surface area contributed by atoms with E-state index in [1.165, 1.54) is 18.2 Å². The van der Waals surface area contributed by atoms with E-state index in [2.05, 4.69) is 37.2 Å². The van der Waals surface area contributed by atoms with Gasteiger partial charge in [-0.2, -0.15) is 0 Å². The van der Waals surface area contributed by atoms with E-state index in [1.807, 2.05) is 0 Å². The van der Waals surface area contributed by atoms with E-state index >= 15 is 0 Å². The normalized spacial score (nSPS) is 10.3. The summed E-state index contributed by atoms with van der Waals surface area (Å²) in [4.78, 5) is 12.0. The standard InChI is InChI=1S/C14H10Br2FNO2/c15-9-5-11(13(19)12(16)6-9)14(20)18-7-8-1-3-10(17)4-2-8/h1-6,19H,7H2,(H,18,20). The van der Waals surface area contributed by atoms with Crippen LogP contribution in [0.5, 0.6) is 5.75 Å². The summed E-state index contributed by atoms with van der Waals surface area (Å²) in [7, 11) is 0. The van der Waals surface area contributed by atoms with Gasteiger partial charge in [-0.1, -0.05) is 28.1 Å². The Kier molecular flexibility index (Phi) is 4.77. The molecule has 0 radical (unpaired) electrons. The Bertz CT molecular complexity index is 644. The molecule has 1 amide bonds. The fraction of sp³-hybridized carbons (Fsp3) is 0.0714. The molecule has 0 aliphatic rings. The highest BCUT2D eigenvalue weighted by molar-refractivity contribution is 9.11. The van der Waals surface area contributed by atoms with Crippen molar-refractivity contribution in [3.05, 3.63) is 62.3 Å². The molecular weight excluding hydrogens is 393 g/mol. The molecule has 0 aliphatic heterocycles. The lowest BCUT2D eigenvalue weighted by atomic mass is 10.1. The van der Waals surface area contributed by atoms with Crippen molar-refractivity contribution in [1.82, 2.24) is 5.32 Å². The first kappa shape index (κ1) is 15.0. The first-order valence-corrected chi connectivity index (χ1v) is 7.26. The third kappa shape index (κ3) is 3.58. The number of benzene rings is 2. The number of carbonyl (C=O) groups excluding carboxylic acids is 1. The molecule has 20 heavy (non-hydrogen) atoms. The molecule has 0 saturated heterocycles. The van der Waals surface area contributed by atoms with Gasteiger partial charge in [-0.25, -0.2) is 4.39 Å². The lowest BCUT2D eigenvalue weighted by Crippen LogP contribution is -2.23. The van der Waals surface area contributed by atoms with Crippen LogP contribution in [-0.4, -0.2) is 11.0 Å². The molecule has 0 unspecified atom stereocenters. The highest BCUT2D eigenvalue weighted by Crippen LogP contribution is 2.31. The monoisotopic (exact) mass is 401 g/mol. The number of hydrogen-bond donors (Lipinski definition) is 2. The molecule has 0 atom stereocenters. The average molecular weight is 403 g/mol. The number of hydrogen-bond acceptors (Lipinski definition) is 2. The zero-order chi connectivity index (χ0) is 14.7. The summed E-state index contributed by atoms with van der Waals surface area (Å²) in [6.07, 6.45) is 0. The van der Waals surface area contributed by atoms with Gasteiger partial charge in [-0.15, -0.1) is 0 Å². The molecule has 2 rings (SSSR count). The van der Waals surface area contributed by atoms with Gasteiger partial charge in [0, 0.05) is 11.0 Å². The van der Waals surface area contributed by atoms with Crippen LogP contribution in [-0.2, 0) is 6.54 Å². The van der Waals surface area contributed by atoms with Crippen molar-refractivity contribution in [1.29, 1.82) is 0 Å². The molecule has 0 bridgehead atoms. The summed E-state index contributed by atoms with van der Waals surface area (Å²) >= 11 is 6.42. The third-order valence-corrected chi connectivity index (χ3v) is 3.70. The number of halogens is 3. The van der Waals surface area contributed by atoms with Crippen molar-refractivity contribution in [2.75, 3.05) is 0 Å².